The first kappa shape index (κ1) is 23.0. The van der Waals surface area contributed by atoms with E-state index in [9.17, 15) is 14.4 Å². The highest BCUT2D eigenvalue weighted by Crippen LogP contribution is 2.58. The van der Waals surface area contributed by atoms with E-state index in [1.54, 1.807) is 36.2 Å². The average molecular weight is 464 g/mol. The number of nitrogens with one attached hydrogen (secondary N) is 2. The smallest absolute Gasteiger partial charge is 0.250 e. The molecule has 1 spiro atoms. The highest BCUT2D eigenvalue weighted by molar-refractivity contribution is 6.33. The second-order valence-electron chi connectivity index (χ2n) is 8.81. The zero-order valence-corrected chi connectivity index (χ0v) is 18.9. The standard InChI is InChI=1S/C23H30ClN3O5/c1-25-20(29)17-16-10-11-23(32-16)18(17)22(31)27(12-6-2-3-7-13-28)19(23)21(30)26-15-9-5-4-8-14(15)24/h4-5,8-9,16-19,28H,2-3,6-7,10-13H2,1H3,(H,25,29)(H,26,30)/t16-,17+,18-,19?,23?/m0/s1. The molecule has 2 bridgehead atoms. The number of anilines is 1. The van der Waals surface area contributed by atoms with E-state index in [0.717, 1.165) is 12.8 Å². The molecule has 3 aliphatic rings. The molecule has 4 rings (SSSR count). The molecule has 1 aromatic carbocycles. The Labute approximate surface area is 192 Å². The molecule has 8 nitrogen and oxygen atoms in total. The summed E-state index contributed by atoms with van der Waals surface area (Å²) in [6.45, 7) is 0.539. The maximum absolute atomic E-state index is 13.6. The SMILES string of the molecule is CNC(=O)[C@@H]1[C@@H]2CCC3(O2)C(C(=O)Nc2ccccc2Cl)N(CCCCCCO)C(=O)[C@H]13. The number of fused-ring (bicyclic) bond motifs is 1. The van der Waals surface area contributed by atoms with Gasteiger partial charge in [0.15, 0.2) is 0 Å². The van der Waals surface area contributed by atoms with Gasteiger partial charge in [0, 0.05) is 20.2 Å². The van der Waals surface area contributed by atoms with Gasteiger partial charge < -0.3 is 25.4 Å². The van der Waals surface area contributed by atoms with Crippen molar-refractivity contribution in [2.24, 2.45) is 11.8 Å². The fourth-order valence-electron chi connectivity index (χ4n) is 5.67. The second-order valence-corrected chi connectivity index (χ2v) is 9.22. The molecule has 3 N–H and O–H groups in total. The van der Waals surface area contributed by atoms with Gasteiger partial charge in [-0.05, 0) is 37.8 Å². The minimum absolute atomic E-state index is 0.139. The topological polar surface area (TPSA) is 108 Å². The summed E-state index contributed by atoms with van der Waals surface area (Å²) in [5.74, 6) is -2.01. The van der Waals surface area contributed by atoms with Crippen LogP contribution < -0.4 is 10.6 Å². The van der Waals surface area contributed by atoms with E-state index in [0.29, 0.717) is 42.9 Å². The number of halogens is 1. The molecule has 3 aliphatic heterocycles. The van der Waals surface area contributed by atoms with Crippen LogP contribution in [0.4, 0.5) is 5.69 Å². The lowest BCUT2D eigenvalue weighted by molar-refractivity contribution is -0.140. The Morgan fingerprint density at radius 2 is 1.97 bits per heavy atom. The Morgan fingerprint density at radius 3 is 2.69 bits per heavy atom. The maximum Gasteiger partial charge on any atom is 0.250 e. The van der Waals surface area contributed by atoms with Crippen molar-refractivity contribution in [2.45, 2.75) is 56.3 Å². The van der Waals surface area contributed by atoms with Crippen LogP contribution in [0, 0.1) is 11.8 Å². The number of amides is 3. The van der Waals surface area contributed by atoms with Gasteiger partial charge in [-0.25, -0.2) is 0 Å². The van der Waals surface area contributed by atoms with Crippen molar-refractivity contribution < 1.29 is 24.2 Å². The number of aliphatic hydroxyl groups is 1. The van der Waals surface area contributed by atoms with Crippen molar-refractivity contribution in [1.82, 2.24) is 10.2 Å². The molecule has 0 radical (unpaired) electrons. The molecule has 2 unspecified atom stereocenters. The van der Waals surface area contributed by atoms with E-state index in [4.69, 9.17) is 21.4 Å². The van der Waals surface area contributed by atoms with Crippen molar-refractivity contribution in [3.05, 3.63) is 29.3 Å². The van der Waals surface area contributed by atoms with Crippen LogP contribution in [0.5, 0.6) is 0 Å². The monoisotopic (exact) mass is 463 g/mol. The van der Waals surface area contributed by atoms with Crippen molar-refractivity contribution in [2.75, 3.05) is 25.5 Å². The first-order valence-corrected chi connectivity index (χ1v) is 11.7. The van der Waals surface area contributed by atoms with Crippen LogP contribution in [-0.4, -0.2) is 65.7 Å². The molecule has 174 valence electrons. The third-order valence-electron chi connectivity index (χ3n) is 7.04. The van der Waals surface area contributed by atoms with Gasteiger partial charge in [0.2, 0.25) is 17.7 Å². The number of ether oxygens (including phenoxy) is 1. The molecule has 3 heterocycles. The molecule has 0 saturated carbocycles. The van der Waals surface area contributed by atoms with Crippen LogP contribution in [0.25, 0.3) is 0 Å². The van der Waals surface area contributed by atoms with E-state index >= 15 is 0 Å². The molecule has 0 aromatic heterocycles. The Morgan fingerprint density at radius 1 is 1.22 bits per heavy atom. The van der Waals surface area contributed by atoms with Gasteiger partial charge in [-0.15, -0.1) is 0 Å². The second kappa shape index (κ2) is 9.37. The van der Waals surface area contributed by atoms with Crippen molar-refractivity contribution in [1.29, 1.82) is 0 Å². The number of hydrogen-bond donors (Lipinski definition) is 3. The Hall–Kier alpha value is -2.16. The van der Waals surface area contributed by atoms with Gasteiger partial charge in [-0.2, -0.15) is 0 Å². The summed E-state index contributed by atoms with van der Waals surface area (Å²) in [6.07, 6.45) is 3.95. The quantitative estimate of drug-likeness (QED) is 0.485. The summed E-state index contributed by atoms with van der Waals surface area (Å²) in [6, 6.07) is 6.14. The van der Waals surface area contributed by atoms with Crippen LogP contribution in [-0.2, 0) is 19.1 Å². The Kier molecular flexibility index (Phi) is 6.74. The number of nitrogens with zero attached hydrogens (tertiary/aromatic N) is 1. The highest BCUT2D eigenvalue weighted by Gasteiger charge is 2.74. The predicted octanol–water partition coefficient (Wildman–Crippen LogP) is 1.95. The van der Waals surface area contributed by atoms with Crippen molar-refractivity contribution >= 4 is 35.0 Å². The lowest BCUT2D eigenvalue weighted by Gasteiger charge is -2.33. The van der Waals surface area contributed by atoms with Crippen LogP contribution in [0.3, 0.4) is 0 Å². The summed E-state index contributed by atoms with van der Waals surface area (Å²) in [5.41, 5.74) is -0.528. The summed E-state index contributed by atoms with van der Waals surface area (Å²) in [5, 5.41) is 15.0. The number of hydrogen-bond acceptors (Lipinski definition) is 5. The third-order valence-corrected chi connectivity index (χ3v) is 7.37. The largest absolute Gasteiger partial charge is 0.396 e. The van der Waals surface area contributed by atoms with Crippen molar-refractivity contribution in [3.63, 3.8) is 0 Å². The number of rotatable bonds is 9. The Balaban J connectivity index is 1.62. The normalized spacial score (nSPS) is 30.5. The van der Waals surface area contributed by atoms with Crippen LogP contribution in [0.15, 0.2) is 24.3 Å². The first-order valence-electron chi connectivity index (χ1n) is 11.3. The van der Waals surface area contributed by atoms with E-state index in [-0.39, 0.29) is 30.4 Å². The Bertz CT molecular complexity index is 896. The summed E-state index contributed by atoms with van der Waals surface area (Å²) < 4.78 is 6.32. The molecule has 1 aromatic rings. The summed E-state index contributed by atoms with van der Waals surface area (Å²) in [7, 11) is 1.56. The number of carbonyl (C=O) groups is 3. The van der Waals surface area contributed by atoms with Gasteiger partial charge in [-0.3, -0.25) is 14.4 Å². The zero-order valence-electron chi connectivity index (χ0n) is 18.2. The lowest BCUT2D eigenvalue weighted by Crippen LogP contribution is -2.53. The number of likely N-dealkylation sites (tertiary alicyclic amines) is 1. The zero-order chi connectivity index (χ0) is 22.9. The van der Waals surface area contributed by atoms with Gasteiger partial charge >= 0.3 is 0 Å². The number of aliphatic hydroxyl groups excluding tert-OH is 1. The number of unbranched alkanes of at least 4 members (excludes halogenated alkanes) is 3. The maximum atomic E-state index is 13.6. The number of benzene rings is 1. The van der Waals surface area contributed by atoms with Crippen LogP contribution in [0.1, 0.15) is 38.5 Å². The fourth-order valence-corrected chi connectivity index (χ4v) is 5.86. The van der Waals surface area contributed by atoms with Crippen molar-refractivity contribution in [3.8, 4) is 0 Å². The van der Waals surface area contributed by atoms with E-state index in [1.807, 2.05) is 0 Å². The lowest BCUT2D eigenvalue weighted by atomic mass is 9.70. The molecule has 32 heavy (non-hydrogen) atoms. The van der Waals surface area contributed by atoms with E-state index in [1.165, 1.54) is 0 Å². The van der Waals surface area contributed by atoms with E-state index < -0.39 is 23.5 Å². The molecule has 0 aliphatic carbocycles. The number of para-hydroxylation sites is 1. The molecule has 3 fully saturated rings. The summed E-state index contributed by atoms with van der Waals surface area (Å²) >= 11 is 6.24. The highest BCUT2D eigenvalue weighted by atomic mass is 35.5. The van der Waals surface area contributed by atoms with Gasteiger partial charge in [0.25, 0.3) is 0 Å². The van der Waals surface area contributed by atoms with Crippen LogP contribution >= 0.6 is 11.6 Å². The summed E-state index contributed by atoms with van der Waals surface area (Å²) in [4.78, 5) is 41.4. The third kappa shape index (κ3) is 3.78. The fraction of sp³-hybridized carbons (Fsp3) is 0.609. The molecular weight excluding hydrogens is 434 g/mol. The molecule has 5 atom stereocenters. The van der Waals surface area contributed by atoms with E-state index in [2.05, 4.69) is 10.6 Å². The van der Waals surface area contributed by atoms with Gasteiger partial charge in [-0.1, -0.05) is 36.6 Å². The molecule has 9 heteroatoms. The molecular formula is C23H30ClN3O5. The average Bonchev–Trinajstić information content (AvgIpc) is 3.42. The molecule has 3 amide bonds. The van der Waals surface area contributed by atoms with Gasteiger partial charge in [0.1, 0.15) is 11.6 Å². The molecule has 3 saturated heterocycles. The minimum atomic E-state index is -1.00. The van der Waals surface area contributed by atoms with Crippen LogP contribution in [0.2, 0.25) is 5.02 Å². The minimum Gasteiger partial charge on any atom is -0.396 e. The predicted molar refractivity (Wildman–Crippen MR) is 119 cm³/mol. The first-order chi connectivity index (χ1) is 15.4. The van der Waals surface area contributed by atoms with Gasteiger partial charge in [0.05, 0.1) is 28.6 Å². The number of carbonyl (C=O) groups excluding carboxylic acids is 3.